The standard InChI is InChI=1S/C16H22N2/c1-4-12(5-2)16(17-3)14-8-9-15-13(11-14)7-6-10-18-15/h6-12,16-17H,4-5H2,1-3H3. The summed E-state index contributed by atoms with van der Waals surface area (Å²) in [6.07, 6.45) is 4.25. The SMILES string of the molecule is CCC(CC)C(NC)c1ccc2ncccc2c1. The van der Waals surface area contributed by atoms with Crippen LogP contribution in [0.25, 0.3) is 10.9 Å². The van der Waals surface area contributed by atoms with Crippen LogP contribution in [0.3, 0.4) is 0 Å². The van der Waals surface area contributed by atoms with Crippen molar-refractivity contribution < 1.29 is 0 Å². The molecule has 1 heterocycles. The number of hydrogen-bond acceptors (Lipinski definition) is 2. The Bertz CT molecular complexity index is 503. The first-order valence-corrected chi connectivity index (χ1v) is 6.82. The summed E-state index contributed by atoms with van der Waals surface area (Å²) in [6.45, 7) is 4.53. The molecule has 0 aliphatic rings. The Balaban J connectivity index is 2.39. The fraction of sp³-hybridized carbons (Fsp3) is 0.438. The van der Waals surface area contributed by atoms with Crippen molar-refractivity contribution in [3.05, 3.63) is 42.1 Å². The molecule has 2 rings (SSSR count). The molecule has 2 aromatic rings. The van der Waals surface area contributed by atoms with E-state index in [1.54, 1.807) is 0 Å². The van der Waals surface area contributed by atoms with E-state index in [4.69, 9.17) is 0 Å². The first-order chi connectivity index (χ1) is 8.80. The van der Waals surface area contributed by atoms with Crippen molar-refractivity contribution >= 4 is 10.9 Å². The molecule has 0 fully saturated rings. The van der Waals surface area contributed by atoms with Crippen molar-refractivity contribution in [3.8, 4) is 0 Å². The van der Waals surface area contributed by atoms with E-state index in [1.165, 1.54) is 23.8 Å². The number of rotatable bonds is 5. The molecule has 0 aliphatic carbocycles. The maximum absolute atomic E-state index is 4.37. The molecule has 96 valence electrons. The molecule has 0 spiro atoms. The summed E-state index contributed by atoms with van der Waals surface area (Å²) >= 11 is 0. The van der Waals surface area contributed by atoms with Gasteiger partial charge in [0.25, 0.3) is 0 Å². The largest absolute Gasteiger partial charge is 0.313 e. The van der Waals surface area contributed by atoms with Crippen molar-refractivity contribution in [2.75, 3.05) is 7.05 Å². The lowest BCUT2D eigenvalue weighted by atomic mass is 9.88. The van der Waals surface area contributed by atoms with Gasteiger partial charge < -0.3 is 5.32 Å². The zero-order valence-electron chi connectivity index (χ0n) is 11.5. The van der Waals surface area contributed by atoms with Gasteiger partial charge in [0.15, 0.2) is 0 Å². The van der Waals surface area contributed by atoms with Crippen LogP contribution >= 0.6 is 0 Å². The van der Waals surface area contributed by atoms with Crippen LogP contribution in [-0.4, -0.2) is 12.0 Å². The molecular weight excluding hydrogens is 220 g/mol. The first kappa shape index (κ1) is 13.0. The number of nitrogens with one attached hydrogen (secondary N) is 1. The lowest BCUT2D eigenvalue weighted by Crippen LogP contribution is -2.24. The average Bonchev–Trinajstić information content (AvgIpc) is 2.44. The monoisotopic (exact) mass is 242 g/mol. The zero-order valence-corrected chi connectivity index (χ0v) is 11.5. The fourth-order valence-electron chi connectivity index (χ4n) is 2.72. The van der Waals surface area contributed by atoms with Gasteiger partial charge >= 0.3 is 0 Å². The summed E-state index contributed by atoms with van der Waals surface area (Å²) in [6, 6.07) is 11.2. The van der Waals surface area contributed by atoms with E-state index in [1.807, 2.05) is 12.3 Å². The maximum Gasteiger partial charge on any atom is 0.0702 e. The van der Waals surface area contributed by atoms with Crippen molar-refractivity contribution in [3.63, 3.8) is 0 Å². The van der Waals surface area contributed by atoms with Crippen molar-refractivity contribution in [1.29, 1.82) is 0 Å². The molecule has 0 radical (unpaired) electrons. The predicted molar refractivity (Wildman–Crippen MR) is 77.6 cm³/mol. The lowest BCUT2D eigenvalue weighted by Gasteiger charge is -2.25. The summed E-state index contributed by atoms with van der Waals surface area (Å²) in [5.74, 6) is 0.684. The Morgan fingerprint density at radius 2 is 1.94 bits per heavy atom. The maximum atomic E-state index is 4.37. The molecule has 1 atom stereocenters. The van der Waals surface area contributed by atoms with E-state index in [-0.39, 0.29) is 0 Å². The van der Waals surface area contributed by atoms with Gasteiger partial charge in [0.05, 0.1) is 5.52 Å². The topological polar surface area (TPSA) is 24.9 Å². The number of hydrogen-bond donors (Lipinski definition) is 1. The molecule has 1 unspecified atom stereocenters. The minimum absolute atomic E-state index is 0.435. The van der Waals surface area contributed by atoms with Gasteiger partial charge in [0.1, 0.15) is 0 Å². The Morgan fingerprint density at radius 3 is 2.61 bits per heavy atom. The molecule has 2 nitrogen and oxygen atoms in total. The molecule has 0 bridgehead atoms. The third-order valence-corrected chi connectivity index (χ3v) is 3.82. The second kappa shape index (κ2) is 5.96. The van der Waals surface area contributed by atoms with E-state index >= 15 is 0 Å². The van der Waals surface area contributed by atoms with Crippen LogP contribution in [0.5, 0.6) is 0 Å². The second-order valence-electron chi connectivity index (χ2n) is 4.80. The lowest BCUT2D eigenvalue weighted by molar-refractivity contribution is 0.360. The van der Waals surface area contributed by atoms with Gasteiger partial charge in [-0.05, 0) is 36.7 Å². The molecule has 0 saturated carbocycles. The summed E-state index contributed by atoms with van der Waals surface area (Å²) in [4.78, 5) is 4.37. The fourth-order valence-corrected chi connectivity index (χ4v) is 2.72. The highest BCUT2D eigenvalue weighted by Gasteiger charge is 2.18. The average molecular weight is 242 g/mol. The van der Waals surface area contributed by atoms with Gasteiger partial charge in [0, 0.05) is 17.6 Å². The van der Waals surface area contributed by atoms with Gasteiger partial charge in [-0.2, -0.15) is 0 Å². The van der Waals surface area contributed by atoms with E-state index < -0.39 is 0 Å². The number of aromatic nitrogens is 1. The van der Waals surface area contributed by atoms with Crippen LogP contribution in [-0.2, 0) is 0 Å². The number of benzene rings is 1. The quantitative estimate of drug-likeness (QED) is 0.859. The Morgan fingerprint density at radius 1 is 1.17 bits per heavy atom. The normalized spacial score (nSPS) is 13.1. The number of pyridine rings is 1. The molecule has 2 heteroatoms. The smallest absolute Gasteiger partial charge is 0.0702 e. The number of fused-ring (bicyclic) bond motifs is 1. The highest BCUT2D eigenvalue weighted by molar-refractivity contribution is 5.79. The van der Waals surface area contributed by atoms with E-state index in [0.717, 1.165) is 5.52 Å². The summed E-state index contributed by atoms with van der Waals surface area (Å²) in [5.41, 5.74) is 2.44. The second-order valence-corrected chi connectivity index (χ2v) is 4.80. The van der Waals surface area contributed by atoms with Crippen LogP contribution < -0.4 is 5.32 Å². The van der Waals surface area contributed by atoms with Gasteiger partial charge in [-0.1, -0.05) is 38.8 Å². The molecular formula is C16H22N2. The first-order valence-electron chi connectivity index (χ1n) is 6.82. The van der Waals surface area contributed by atoms with E-state index in [9.17, 15) is 0 Å². The Hall–Kier alpha value is -1.41. The van der Waals surface area contributed by atoms with Crippen molar-refractivity contribution in [2.24, 2.45) is 5.92 Å². The van der Waals surface area contributed by atoms with Gasteiger partial charge in [-0.25, -0.2) is 0 Å². The molecule has 18 heavy (non-hydrogen) atoms. The highest BCUT2D eigenvalue weighted by Crippen LogP contribution is 2.28. The minimum Gasteiger partial charge on any atom is -0.313 e. The van der Waals surface area contributed by atoms with Gasteiger partial charge in [-0.15, -0.1) is 0 Å². The zero-order chi connectivity index (χ0) is 13.0. The van der Waals surface area contributed by atoms with Crippen LogP contribution in [0.15, 0.2) is 36.5 Å². The molecule has 0 amide bonds. The molecule has 1 aromatic heterocycles. The van der Waals surface area contributed by atoms with Crippen molar-refractivity contribution in [2.45, 2.75) is 32.7 Å². The van der Waals surface area contributed by atoms with Gasteiger partial charge in [-0.3, -0.25) is 4.98 Å². The third-order valence-electron chi connectivity index (χ3n) is 3.82. The highest BCUT2D eigenvalue weighted by atomic mass is 14.9. The minimum atomic E-state index is 0.435. The molecule has 1 N–H and O–H groups in total. The van der Waals surface area contributed by atoms with Crippen LogP contribution in [0.1, 0.15) is 38.3 Å². The van der Waals surface area contributed by atoms with Crippen LogP contribution in [0, 0.1) is 5.92 Å². The Kier molecular flexibility index (Phi) is 4.32. The Labute approximate surface area is 109 Å². The van der Waals surface area contributed by atoms with Crippen LogP contribution in [0.2, 0.25) is 0 Å². The summed E-state index contributed by atoms with van der Waals surface area (Å²) < 4.78 is 0. The van der Waals surface area contributed by atoms with Crippen LogP contribution in [0.4, 0.5) is 0 Å². The summed E-state index contributed by atoms with van der Waals surface area (Å²) in [5, 5.41) is 4.69. The number of nitrogens with zero attached hydrogens (tertiary/aromatic N) is 1. The third kappa shape index (κ3) is 2.54. The van der Waals surface area contributed by atoms with E-state index in [0.29, 0.717) is 12.0 Å². The molecule has 0 saturated heterocycles. The van der Waals surface area contributed by atoms with Gasteiger partial charge in [0.2, 0.25) is 0 Å². The predicted octanol–water partition coefficient (Wildman–Crippen LogP) is 3.93. The molecule has 1 aromatic carbocycles. The van der Waals surface area contributed by atoms with E-state index in [2.05, 4.69) is 55.5 Å². The summed E-state index contributed by atoms with van der Waals surface area (Å²) in [7, 11) is 2.05. The van der Waals surface area contributed by atoms with Crippen molar-refractivity contribution in [1.82, 2.24) is 10.3 Å². The molecule has 0 aliphatic heterocycles.